The minimum Gasteiger partial charge on any atom is -0.383 e. The molecule has 2 rings (SSSR count). The Bertz CT molecular complexity index is 329. The van der Waals surface area contributed by atoms with E-state index in [1.165, 1.54) is 6.07 Å². The van der Waals surface area contributed by atoms with Gasteiger partial charge in [0.25, 0.3) is 0 Å². The summed E-state index contributed by atoms with van der Waals surface area (Å²) in [7, 11) is 0. The third kappa shape index (κ3) is 0.964. The van der Waals surface area contributed by atoms with Crippen LogP contribution < -0.4 is 0 Å². The molecule has 64 valence electrons. The van der Waals surface area contributed by atoms with Crippen molar-refractivity contribution in [2.45, 2.75) is 18.4 Å². The number of aromatic nitrogens is 2. The summed E-state index contributed by atoms with van der Waals surface area (Å²) in [5.41, 5.74) is -0.528. The molecular formula is C6H7N3O3. The summed E-state index contributed by atoms with van der Waals surface area (Å²) in [6.45, 7) is 0. The third-order valence-electron chi connectivity index (χ3n) is 1.96. The van der Waals surface area contributed by atoms with Crippen LogP contribution in [-0.2, 0) is 5.60 Å². The molecule has 1 aromatic rings. The molecular weight excluding hydrogens is 162 g/mol. The van der Waals surface area contributed by atoms with Crippen LogP contribution in [0.1, 0.15) is 18.5 Å². The quantitative estimate of drug-likeness (QED) is 0.492. The molecule has 1 aromatic heterocycles. The number of nitro groups is 1. The lowest BCUT2D eigenvalue weighted by Crippen LogP contribution is -2.03. The molecule has 0 spiro atoms. The second kappa shape index (κ2) is 2.04. The minimum atomic E-state index is -0.898. The Hall–Kier alpha value is -1.43. The Kier molecular flexibility index (Phi) is 1.23. The van der Waals surface area contributed by atoms with Crippen LogP contribution in [0, 0.1) is 10.1 Å². The van der Waals surface area contributed by atoms with Gasteiger partial charge in [-0.25, -0.2) is 0 Å². The van der Waals surface area contributed by atoms with E-state index in [0.717, 1.165) is 0 Å². The molecule has 0 atom stereocenters. The molecule has 0 radical (unpaired) electrons. The summed E-state index contributed by atoms with van der Waals surface area (Å²) in [5, 5.41) is 25.6. The summed E-state index contributed by atoms with van der Waals surface area (Å²) in [6.07, 6.45) is 1.27. The van der Waals surface area contributed by atoms with Crippen LogP contribution in [0.3, 0.4) is 0 Å². The summed E-state index contributed by atoms with van der Waals surface area (Å²) in [6, 6.07) is 1.27. The summed E-state index contributed by atoms with van der Waals surface area (Å²) < 4.78 is 0. The minimum absolute atomic E-state index is 0.176. The standard InChI is InChI=1S/C6H7N3O3/c10-6(1-2-6)4-3-5(8-7-4)9(11)12/h3,10H,1-2H2,(H,7,8). The van der Waals surface area contributed by atoms with Crippen molar-refractivity contribution >= 4 is 5.82 Å². The second-order valence-electron chi connectivity index (χ2n) is 2.93. The van der Waals surface area contributed by atoms with Crippen LogP contribution in [-0.4, -0.2) is 20.2 Å². The fraction of sp³-hybridized carbons (Fsp3) is 0.500. The first-order valence-corrected chi connectivity index (χ1v) is 3.54. The Morgan fingerprint density at radius 2 is 2.42 bits per heavy atom. The molecule has 6 nitrogen and oxygen atoms in total. The fourth-order valence-corrected chi connectivity index (χ4v) is 1.02. The van der Waals surface area contributed by atoms with Crippen molar-refractivity contribution in [3.8, 4) is 0 Å². The number of hydrogen-bond acceptors (Lipinski definition) is 4. The smallest absolute Gasteiger partial charge is 0.342 e. The zero-order chi connectivity index (χ0) is 8.77. The van der Waals surface area contributed by atoms with Gasteiger partial charge in [0.15, 0.2) is 0 Å². The molecule has 2 N–H and O–H groups in total. The molecule has 0 aliphatic heterocycles. The molecule has 1 saturated carbocycles. The van der Waals surface area contributed by atoms with Crippen LogP contribution in [0.2, 0.25) is 0 Å². The van der Waals surface area contributed by atoms with Gasteiger partial charge >= 0.3 is 5.82 Å². The van der Waals surface area contributed by atoms with Crippen LogP contribution in [0.15, 0.2) is 6.07 Å². The molecule has 1 aliphatic carbocycles. The van der Waals surface area contributed by atoms with E-state index in [9.17, 15) is 15.2 Å². The van der Waals surface area contributed by atoms with Gasteiger partial charge in [-0.05, 0) is 17.8 Å². The van der Waals surface area contributed by atoms with E-state index in [-0.39, 0.29) is 5.82 Å². The molecule has 1 fully saturated rings. The monoisotopic (exact) mass is 169 g/mol. The predicted molar refractivity (Wildman–Crippen MR) is 38.4 cm³/mol. The third-order valence-corrected chi connectivity index (χ3v) is 1.96. The van der Waals surface area contributed by atoms with E-state index in [1.807, 2.05) is 0 Å². The van der Waals surface area contributed by atoms with Gasteiger partial charge in [-0.3, -0.25) is 0 Å². The van der Waals surface area contributed by atoms with Gasteiger partial charge in [0, 0.05) is 0 Å². The average molecular weight is 169 g/mol. The molecule has 0 unspecified atom stereocenters. The topological polar surface area (TPSA) is 92.1 Å². The normalized spacial score (nSPS) is 19.1. The first-order valence-electron chi connectivity index (χ1n) is 3.54. The van der Waals surface area contributed by atoms with E-state index in [4.69, 9.17) is 0 Å². The number of nitrogens with zero attached hydrogens (tertiary/aromatic N) is 2. The molecule has 1 aliphatic rings. The van der Waals surface area contributed by atoms with Crippen molar-refractivity contribution in [1.29, 1.82) is 0 Å². The Morgan fingerprint density at radius 3 is 2.83 bits per heavy atom. The lowest BCUT2D eigenvalue weighted by molar-refractivity contribution is -0.389. The molecule has 1 heterocycles. The van der Waals surface area contributed by atoms with Crippen molar-refractivity contribution in [2.75, 3.05) is 0 Å². The van der Waals surface area contributed by atoms with E-state index in [2.05, 4.69) is 10.2 Å². The largest absolute Gasteiger partial charge is 0.383 e. The van der Waals surface area contributed by atoms with E-state index < -0.39 is 10.5 Å². The zero-order valence-electron chi connectivity index (χ0n) is 6.15. The second-order valence-corrected chi connectivity index (χ2v) is 2.93. The molecule has 6 heteroatoms. The summed E-state index contributed by atoms with van der Waals surface area (Å²) in [4.78, 5) is 9.65. The predicted octanol–water partition coefficient (Wildman–Crippen LogP) is 0.299. The van der Waals surface area contributed by atoms with E-state index in [0.29, 0.717) is 18.5 Å². The van der Waals surface area contributed by atoms with Crippen LogP contribution >= 0.6 is 0 Å². The number of hydrogen-bond donors (Lipinski definition) is 2. The Morgan fingerprint density at radius 1 is 1.75 bits per heavy atom. The van der Waals surface area contributed by atoms with Gasteiger partial charge in [-0.1, -0.05) is 5.10 Å². The Labute approximate surface area is 67.4 Å². The summed E-state index contributed by atoms with van der Waals surface area (Å²) >= 11 is 0. The fourth-order valence-electron chi connectivity index (χ4n) is 1.02. The maximum absolute atomic E-state index is 10.2. The van der Waals surface area contributed by atoms with Crippen LogP contribution in [0.25, 0.3) is 0 Å². The number of aliphatic hydroxyl groups is 1. The van der Waals surface area contributed by atoms with Crippen molar-refractivity contribution in [3.63, 3.8) is 0 Å². The molecule has 0 bridgehead atoms. The average Bonchev–Trinajstić information content (AvgIpc) is 2.61. The number of nitrogens with one attached hydrogen (secondary N) is 1. The maximum atomic E-state index is 10.2. The van der Waals surface area contributed by atoms with Crippen LogP contribution in [0.4, 0.5) is 5.82 Å². The first-order chi connectivity index (χ1) is 5.62. The number of aromatic amines is 1. The van der Waals surface area contributed by atoms with Gasteiger partial charge in [0.1, 0.15) is 11.3 Å². The zero-order valence-corrected chi connectivity index (χ0v) is 6.15. The van der Waals surface area contributed by atoms with Gasteiger partial charge in [0.05, 0.1) is 6.07 Å². The van der Waals surface area contributed by atoms with Crippen LogP contribution in [0.5, 0.6) is 0 Å². The number of rotatable bonds is 2. The van der Waals surface area contributed by atoms with Crippen molar-refractivity contribution in [3.05, 3.63) is 21.9 Å². The van der Waals surface area contributed by atoms with Gasteiger partial charge < -0.3 is 15.2 Å². The first kappa shape index (κ1) is 7.23. The highest BCUT2D eigenvalue weighted by Gasteiger charge is 2.45. The van der Waals surface area contributed by atoms with Gasteiger partial charge in [0.2, 0.25) is 0 Å². The highest BCUT2D eigenvalue weighted by Crippen LogP contribution is 2.44. The maximum Gasteiger partial charge on any atom is 0.342 e. The molecule has 0 saturated heterocycles. The van der Waals surface area contributed by atoms with Gasteiger partial charge in [-0.2, -0.15) is 0 Å². The van der Waals surface area contributed by atoms with E-state index in [1.54, 1.807) is 0 Å². The van der Waals surface area contributed by atoms with Crippen molar-refractivity contribution < 1.29 is 10.0 Å². The van der Waals surface area contributed by atoms with Gasteiger partial charge in [-0.15, -0.1) is 5.10 Å². The SMILES string of the molecule is O=[N+]([O-])c1cc(C2(O)CC2)n[nH]1. The van der Waals surface area contributed by atoms with Crippen molar-refractivity contribution in [1.82, 2.24) is 10.2 Å². The van der Waals surface area contributed by atoms with Crippen molar-refractivity contribution in [2.24, 2.45) is 0 Å². The molecule has 0 amide bonds. The highest BCUT2D eigenvalue weighted by atomic mass is 16.6. The molecule has 0 aromatic carbocycles. The number of H-pyrrole nitrogens is 1. The lowest BCUT2D eigenvalue weighted by atomic mass is 10.2. The lowest BCUT2D eigenvalue weighted by Gasteiger charge is -1.97. The Balaban J connectivity index is 2.30. The summed E-state index contributed by atoms with van der Waals surface area (Å²) in [5.74, 6) is -0.176. The highest BCUT2D eigenvalue weighted by molar-refractivity contribution is 5.28. The molecule has 12 heavy (non-hydrogen) atoms. The van der Waals surface area contributed by atoms with E-state index >= 15 is 0 Å².